The topological polar surface area (TPSA) is 378 Å². The van der Waals surface area contributed by atoms with Crippen molar-refractivity contribution in [3.05, 3.63) is 0 Å². The summed E-state index contributed by atoms with van der Waals surface area (Å²) in [6.45, 7) is 7.99. The van der Waals surface area contributed by atoms with Gasteiger partial charge >= 0.3 is 5.97 Å². The molecule has 17 N–H and O–H groups in total. The highest BCUT2D eigenvalue weighted by molar-refractivity contribution is 5.97. The molecule has 8 atom stereocenters. The van der Waals surface area contributed by atoms with Crippen LogP contribution >= 0.6 is 0 Å². The van der Waals surface area contributed by atoms with Crippen LogP contribution in [0, 0.1) is 5.92 Å². The van der Waals surface area contributed by atoms with E-state index in [9.17, 15) is 43.8 Å². The summed E-state index contributed by atoms with van der Waals surface area (Å²) in [5.74, 6) is -6.06. The Balaban J connectivity index is 3.17. The normalized spacial score (nSPS) is 17.6. The zero-order valence-electron chi connectivity index (χ0n) is 32.2. The molecule has 0 aromatic carbocycles. The van der Waals surface area contributed by atoms with Crippen LogP contribution in [0.3, 0.4) is 0 Å². The molecular formula is C33H61N13O9. The Labute approximate surface area is 320 Å². The molecule has 0 aromatic rings. The number of carboxylic acid groups (broad SMARTS) is 1. The number of likely N-dealkylation sites (tertiary alicyclic amines) is 1. The number of nitrogens with two attached hydrogens (primary N) is 5. The summed E-state index contributed by atoms with van der Waals surface area (Å²) in [4.78, 5) is 100. The van der Waals surface area contributed by atoms with Gasteiger partial charge in [0.05, 0.1) is 12.1 Å². The summed E-state index contributed by atoms with van der Waals surface area (Å²) < 4.78 is 0. The lowest BCUT2D eigenvalue weighted by Gasteiger charge is -2.30. The van der Waals surface area contributed by atoms with E-state index in [0.29, 0.717) is 12.8 Å². The molecule has 1 aliphatic rings. The van der Waals surface area contributed by atoms with E-state index in [0.717, 1.165) is 0 Å². The van der Waals surface area contributed by atoms with E-state index in [1.54, 1.807) is 13.8 Å². The maximum absolute atomic E-state index is 14.0. The third-order valence-corrected chi connectivity index (χ3v) is 8.53. The summed E-state index contributed by atoms with van der Waals surface area (Å²) in [7, 11) is 0. The molecular weight excluding hydrogens is 722 g/mol. The number of nitrogens with one attached hydrogen (secondary N) is 5. The van der Waals surface area contributed by atoms with Crippen LogP contribution in [-0.4, -0.2) is 136 Å². The number of aliphatic carboxylic acids is 1. The number of rotatable bonds is 23. The molecule has 0 aliphatic carbocycles. The average Bonchev–Trinajstić information content (AvgIpc) is 3.58. The molecule has 0 unspecified atom stereocenters. The van der Waals surface area contributed by atoms with Crippen molar-refractivity contribution >= 4 is 53.3 Å². The fourth-order valence-electron chi connectivity index (χ4n) is 5.63. The van der Waals surface area contributed by atoms with Crippen molar-refractivity contribution in [3.8, 4) is 0 Å². The second-order valence-corrected chi connectivity index (χ2v) is 14.0. The first-order chi connectivity index (χ1) is 25.7. The van der Waals surface area contributed by atoms with Crippen LogP contribution in [0.1, 0.15) is 79.6 Å². The van der Waals surface area contributed by atoms with E-state index in [1.165, 1.54) is 25.7 Å². The van der Waals surface area contributed by atoms with Gasteiger partial charge in [0.2, 0.25) is 35.4 Å². The van der Waals surface area contributed by atoms with Gasteiger partial charge in [-0.3, -0.25) is 38.8 Å². The van der Waals surface area contributed by atoms with Crippen molar-refractivity contribution in [3.63, 3.8) is 0 Å². The monoisotopic (exact) mass is 783 g/mol. The molecule has 1 heterocycles. The van der Waals surface area contributed by atoms with E-state index in [1.807, 2.05) is 0 Å². The van der Waals surface area contributed by atoms with Crippen LogP contribution in [0.15, 0.2) is 9.98 Å². The lowest BCUT2D eigenvalue weighted by atomic mass is 10.0. The molecule has 1 fully saturated rings. The third-order valence-electron chi connectivity index (χ3n) is 8.53. The Morgan fingerprint density at radius 2 is 1.25 bits per heavy atom. The molecule has 1 rings (SSSR count). The zero-order chi connectivity index (χ0) is 42.0. The van der Waals surface area contributed by atoms with Gasteiger partial charge in [-0.15, -0.1) is 0 Å². The number of carbonyl (C=O) groups is 7. The Kier molecular flexibility index (Phi) is 20.4. The Hall–Kier alpha value is -5.25. The van der Waals surface area contributed by atoms with E-state index in [4.69, 9.17) is 28.7 Å². The number of carboxylic acids is 1. The number of guanidine groups is 2. The van der Waals surface area contributed by atoms with E-state index in [-0.39, 0.29) is 69.6 Å². The molecule has 1 saturated heterocycles. The van der Waals surface area contributed by atoms with Crippen molar-refractivity contribution in [2.75, 3.05) is 19.6 Å². The second kappa shape index (κ2) is 23.5. The fourth-order valence-corrected chi connectivity index (χ4v) is 5.63. The van der Waals surface area contributed by atoms with Gasteiger partial charge in [0, 0.05) is 19.6 Å². The van der Waals surface area contributed by atoms with Gasteiger partial charge in [0.15, 0.2) is 11.9 Å². The highest BCUT2D eigenvalue weighted by Gasteiger charge is 2.39. The van der Waals surface area contributed by atoms with Crippen LogP contribution in [0.25, 0.3) is 0 Å². The van der Waals surface area contributed by atoms with Crippen molar-refractivity contribution in [1.29, 1.82) is 0 Å². The summed E-state index contributed by atoms with van der Waals surface area (Å²) in [5.41, 5.74) is 27.3. The van der Waals surface area contributed by atoms with Crippen LogP contribution in [0.4, 0.5) is 0 Å². The zero-order valence-corrected chi connectivity index (χ0v) is 32.2. The van der Waals surface area contributed by atoms with Crippen LogP contribution in [-0.2, 0) is 33.6 Å². The molecule has 0 saturated carbocycles. The molecule has 22 nitrogen and oxygen atoms in total. The Morgan fingerprint density at radius 3 is 1.75 bits per heavy atom. The summed E-state index contributed by atoms with van der Waals surface area (Å²) >= 11 is 0. The maximum Gasteiger partial charge on any atom is 0.326 e. The summed E-state index contributed by atoms with van der Waals surface area (Å²) in [6.07, 6.45) is 0.0220. The second-order valence-electron chi connectivity index (χ2n) is 14.0. The van der Waals surface area contributed by atoms with Crippen molar-refractivity contribution < 1.29 is 43.8 Å². The molecule has 0 spiro atoms. The number of nitrogens with zero attached hydrogens (tertiary/aromatic N) is 3. The molecule has 0 radical (unpaired) electrons. The van der Waals surface area contributed by atoms with Crippen molar-refractivity contribution in [2.45, 2.75) is 128 Å². The van der Waals surface area contributed by atoms with E-state index >= 15 is 0 Å². The Morgan fingerprint density at radius 1 is 0.727 bits per heavy atom. The smallest absolute Gasteiger partial charge is 0.326 e. The van der Waals surface area contributed by atoms with Gasteiger partial charge in [-0.05, 0) is 71.6 Å². The molecule has 55 heavy (non-hydrogen) atoms. The van der Waals surface area contributed by atoms with Crippen molar-refractivity contribution in [2.24, 2.45) is 44.6 Å². The van der Waals surface area contributed by atoms with Gasteiger partial charge in [-0.1, -0.05) is 13.8 Å². The van der Waals surface area contributed by atoms with Crippen LogP contribution < -0.4 is 55.3 Å². The van der Waals surface area contributed by atoms with Crippen LogP contribution in [0.5, 0.6) is 0 Å². The van der Waals surface area contributed by atoms with Gasteiger partial charge in [-0.2, -0.15) is 0 Å². The minimum absolute atomic E-state index is 0.0513. The maximum atomic E-state index is 14.0. The number of hydrogen-bond acceptors (Lipinski definition) is 11. The van der Waals surface area contributed by atoms with Gasteiger partial charge in [0.1, 0.15) is 36.3 Å². The number of amides is 6. The SMILES string of the molecule is CC(C)C[C@H](NC(=O)[C@@H](NC(=O)[C@H](C)NC(=O)[C@@H]1CCCN1C(=O)[C@H](CCCN=C(N)N)NC(=O)[C@H](CCCN=C(N)N)NC(=O)[C@H](C)N)[C@@H](C)O)C(=O)O. The third kappa shape index (κ3) is 17.2. The van der Waals surface area contributed by atoms with E-state index in [2.05, 4.69) is 36.6 Å². The number of aliphatic hydroxyl groups is 1. The molecule has 0 bridgehead atoms. The van der Waals surface area contributed by atoms with Gasteiger partial charge in [0.25, 0.3) is 0 Å². The highest BCUT2D eigenvalue weighted by atomic mass is 16.4. The van der Waals surface area contributed by atoms with E-state index < -0.39 is 89.8 Å². The molecule has 1 aliphatic heterocycles. The average molecular weight is 784 g/mol. The van der Waals surface area contributed by atoms with Crippen LogP contribution in [0.2, 0.25) is 0 Å². The molecule has 22 heteroatoms. The molecule has 312 valence electrons. The molecule has 0 aromatic heterocycles. The number of aliphatic imine (C=N–C) groups is 2. The fraction of sp³-hybridized carbons (Fsp3) is 0.727. The van der Waals surface area contributed by atoms with Crippen molar-refractivity contribution in [1.82, 2.24) is 31.5 Å². The minimum atomic E-state index is -1.54. The minimum Gasteiger partial charge on any atom is -0.480 e. The first-order valence-corrected chi connectivity index (χ1v) is 18.3. The predicted molar refractivity (Wildman–Crippen MR) is 202 cm³/mol. The lowest BCUT2D eigenvalue weighted by Crippen LogP contribution is -2.60. The first kappa shape index (κ1) is 47.8. The summed E-state index contributed by atoms with van der Waals surface area (Å²) in [6, 6.07) is -8.34. The predicted octanol–water partition coefficient (Wildman–Crippen LogP) is -4.61. The van der Waals surface area contributed by atoms with Gasteiger partial charge in [-0.25, -0.2) is 4.79 Å². The number of aliphatic hydroxyl groups excluding tert-OH is 1. The largest absolute Gasteiger partial charge is 0.480 e. The standard InChI is InChI=1S/C33H61N13O9/c1-16(2)15-22(31(54)55)44-29(52)24(19(5)47)45-26(49)18(4)41-28(51)23-11-8-14-46(23)30(53)21(10-7-13-40-33(37)38)43-27(50)20(42-25(48)17(3)34)9-6-12-39-32(35)36/h16-24,47H,6-15,34H2,1-5H3,(H,41,51)(H,42,48)(H,43,50)(H,44,52)(H,45,49)(H,54,55)(H4,35,36,39)(H4,37,38,40)/t17-,18-,19+,20-,21-,22-,23-,24-/m0/s1. The lowest BCUT2D eigenvalue weighted by molar-refractivity contribution is -0.143. The quantitative estimate of drug-likeness (QED) is 0.0264. The highest BCUT2D eigenvalue weighted by Crippen LogP contribution is 2.20. The number of hydrogen-bond donors (Lipinski definition) is 12. The van der Waals surface area contributed by atoms with Gasteiger partial charge < -0.3 is 70.4 Å². The summed E-state index contributed by atoms with van der Waals surface area (Å²) in [5, 5.41) is 32.2. The molecule has 6 amide bonds. The first-order valence-electron chi connectivity index (χ1n) is 18.3. The Bertz CT molecular complexity index is 1400. The number of carbonyl (C=O) groups excluding carboxylic acids is 6.